The number of guanidine groups is 1. The first-order valence-corrected chi connectivity index (χ1v) is 6.45. The van der Waals surface area contributed by atoms with Gasteiger partial charge in [0.2, 0.25) is 5.91 Å². The molecule has 0 unspecified atom stereocenters. The number of allylic oxidation sites excluding steroid dienone is 1. The molecule has 0 fully saturated rings. The molecule has 0 bridgehead atoms. The maximum absolute atomic E-state index is 11.4. The first kappa shape index (κ1) is 20.5. The topological polar surface area (TPSA) is 56.7 Å². The molecule has 0 heterocycles. The molecule has 0 aliphatic carbocycles. The Morgan fingerprint density at radius 3 is 2.63 bits per heavy atom. The monoisotopic (exact) mass is 382 g/mol. The Labute approximate surface area is 133 Å². The van der Waals surface area contributed by atoms with Crippen molar-refractivity contribution in [2.24, 2.45) is 4.99 Å². The molecule has 0 saturated heterocycles. The van der Waals surface area contributed by atoms with Crippen molar-refractivity contribution in [2.75, 3.05) is 33.7 Å². The Balaban J connectivity index is 0. The summed E-state index contributed by atoms with van der Waals surface area (Å²) in [6, 6.07) is 0. The number of aliphatic imine (C=N–C) groups is 1. The summed E-state index contributed by atoms with van der Waals surface area (Å²) in [5.41, 5.74) is 0. The van der Waals surface area contributed by atoms with Crippen molar-refractivity contribution in [3.8, 4) is 0 Å². The molecule has 0 aromatic heterocycles. The third-order valence-corrected chi connectivity index (χ3v) is 2.45. The fourth-order valence-corrected chi connectivity index (χ4v) is 1.45. The minimum Gasteiger partial charge on any atom is -0.355 e. The van der Waals surface area contributed by atoms with Gasteiger partial charge >= 0.3 is 0 Å². The van der Waals surface area contributed by atoms with Gasteiger partial charge in [0.05, 0.1) is 6.54 Å². The normalized spacial score (nSPS) is 10.4. The molecule has 0 rings (SSSR count). The van der Waals surface area contributed by atoms with Crippen molar-refractivity contribution in [3.05, 3.63) is 12.7 Å². The van der Waals surface area contributed by atoms with Crippen LogP contribution in [-0.4, -0.2) is 50.5 Å². The molecule has 112 valence electrons. The third-order valence-electron chi connectivity index (χ3n) is 2.45. The Morgan fingerprint density at radius 2 is 2.11 bits per heavy atom. The highest BCUT2D eigenvalue weighted by atomic mass is 127. The van der Waals surface area contributed by atoms with Gasteiger partial charge in [-0.3, -0.25) is 9.79 Å². The first-order chi connectivity index (χ1) is 8.65. The summed E-state index contributed by atoms with van der Waals surface area (Å²) in [6.45, 7) is 7.59. The highest BCUT2D eigenvalue weighted by Crippen LogP contribution is 1.93. The van der Waals surface area contributed by atoms with Crippen LogP contribution in [-0.2, 0) is 4.79 Å². The van der Waals surface area contributed by atoms with Crippen LogP contribution < -0.4 is 10.6 Å². The minimum atomic E-state index is -0.00232. The largest absolute Gasteiger partial charge is 0.355 e. The van der Waals surface area contributed by atoms with Crippen molar-refractivity contribution >= 4 is 35.8 Å². The average Bonchev–Trinajstić information content (AvgIpc) is 2.37. The van der Waals surface area contributed by atoms with Crippen molar-refractivity contribution in [1.29, 1.82) is 0 Å². The van der Waals surface area contributed by atoms with Crippen LogP contribution in [0.1, 0.15) is 26.2 Å². The summed E-state index contributed by atoms with van der Waals surface area (Å²) in [7, 11) is 3.68. The number of carbonyl (C=O) groups excluding carboxylic acids is 1. The van der Waals surface area contributed by atoms with Gasteiger partial charge in [0.25, 0.3) is 0 Å². The first-order valence-electron chi connectivity index (χ1n) is 6.45. The number of amides is 1. The summed E-state index contributed by atoms with van der Waals surface area (Å²) >= 11 is 0. The molecular weight excluding hydrogens is 355 g/mol. The van der Waals surface area contributed by atoms with Crippen LogP contribution in [0, 0.1) is 0 Å². The number of hydrogen-bond donors (Lipinski definition) is 2. The van der Waals surface area contributed by atoms with Crippen LogP contribution in [0.5, 0.6) is 0 Å². The predicted molar refractivity (Wildman–Crippen MR) is 92.1 cm³/mol. The van der Waals surface area contributed by atoms with E-state index in [1.807, 2.05) is 24.9 Å². The van der Waals surface area contributed by atoms with E-state index >= 15 is 0 Å². The second kappa shape index (κ2) is 13.6. The molecular formula is C13H27IN4O. The highest BCUT2D eigenvalue weighted by molar-refractivity contribution is 14.0. The van der Waals surface area contributed by atoms with Gasteiger partial charge in [0.1, 0.15) is 0 Å². The van der Waals surface area contributed by atoms with E-state index in [1.54, 1.807) is 7.05 Å². The Morgan fingerprint density at radius 1 is 1.42 bits per heavy atom. The van der Waals surface area contributed by atoms with Gasteiger partial charge in [-0.15, -0.1) is 30.6 Å². The molecule has 5 nitrogen and oxygen atoms in total. The number of unbranched alkanes of at least 4 members (excludes halogenated alkanes) is 1. The van der Waals surface area contributed by atoms with E-state index in [0.29, 0.717) is 6.54 Å². The number of nitrogens with one attached hydrogen (secondary N) is 2. The molecule has 0 aliphatic rings. The predicted octanol–water partition coefficient (Wildman–Crippen LogP) is 1.60. The summed E-state index contributed by atoms with van der Waals surface area (Å²) in [4.78, 5) is 17.6. The third kappa shape index (κ3) is 10.8. The Kier molecular flexibility index (Phi) is 14.7. The zero-order valence-corrected chi connectivity index (χ0v) is 14.6. The van der Waals surface area contributed by atoms with Gasteiger partial charge in [-0.1, -0.05) is 13.0 Å². The standard InChI is InChI=1S/C13H26N4O.HI/c1-5-7-8-10-17(4)13(14-3)16-11-12(18)15-9-6-2;/h5H,1,6-11H2,2-4H3,(H,14,16)(H,15,18);1H. The van der Waals surface area contributed by atoms with Crippen molar-refractivity contribution in [2.45, 2.75) is 26.2 Å². The fourth-order valence-electron chi connectivity index (χ4n) is 1.45. The van der Waals surface area contributed by atoms with Gasteiger partial charge in [-0.25, -0.2) is 0 Å². The summed E-state index contributed by atoms with van der Waals surface area (Å²) in [5.74, 6) is 0.739. The zero-order chi connectivity index (χ0) is 13.8. The van der Waals surface area contributed by atoms with E-state index in [4.69, 9.17) is 0 Å². The molecule has 0 spiro atoms. The van der Waals surface area contributed by atoms with Crippen molar-refractivity contribution in [3.63, 3.8) is 0 Å². The van der Waals surface area contributed by atoms with Crippen LogP contribution in [0.4, 0.5) is 0 Å². The van der Waals surface area contributed by atoms with Gasteiger partial charge in [0, 0.05) is 27.2 Å². The van der Waals surface area contributed by atoms with Crippen LogP contribution in [0.2, 0.25) is 0 Å². The second-order valence-electron chi connectivity index (χ2n) is 4.10. The number of halogens is 1. The molecule has 0 aromatic carbocycles. The lowest BCUT2D eigenvalue weighted by Crippen LogP contribution is -2.44. The molecule has 0 aliphatic heterocycles. The molecule has 0 saturated carbocycles. The molecule has 0 aromatic rings. The maximum Gasteiger partial charge on any atom is 0.239 e. The lowest BCUT2D eigenvalue weighted by molar-refractivity contribution is -0.120. The van der Waals surface area contributed by atoms with Crippen molar-refractivity contribution in [1.82, 2.24) is 15.5 Å². The number of carbonyl (C=O) groups is 1. The van der Waals surface area contributed by atoms with Crippen molar-refractivity contribution < 1.29 is 4.79 Å². The summed E-state index contributed by atoms with van der Waals surface area (Å²) in [6.07, 6.45) is 4.87. The van der Waals surface area contributed by atoms with E-state index in [-0.39, 0.29) is 36.4 Å². The smallest absolute Gasteiger partial charge is 0.239 e. The van der Waals surface area contributed by atoms with E-state index in [2.05, 4.69) is 22.2 Å². The summed E-state index contributed by atoms with van der Waals surface area (Å²) in [5, 5.41) is 5.86. The van der Waals surface area contributed by atoms with Crippen LogP contribution in [0.3, 0.4) is 0 Å². The number of rotatable bonds is 8. The molecule has 0 atom stereocenters. The SMILES string of the molecule is C=CCCCN(C)C(=NC)NCC(=O)NCCC.I. The quantitative estimate of drug-likeness (QED) is 0.221. The van der Waals surface area contributed by atoms with E-state index < -0.39 is 0 Å². The molecule has 1 amide bonds. The maximum atomic E-state index is 11.4. The van der Waals surface area contributed by atoms with Gasteiger partial charge in [-0.2, -0.15) is 0 Å². The molecule has 2 N–H and O–H groups in total. The Hall–Kier alpha value is -0.790. The van der Waals surface area contributed by atoms with Gasteiger partial charge < -0.3 is 15.5 Å². The highest BCUT2D eigenvalue weighted by Gasteiger charge is 2.06. The lowest BCUT2D eigenvalue weighted by atomic mass is 10.3. The lowest BCUT2D eigenvalue weighted by Gasteiger charge is -2.21. The average molecular weight is 382 g/mol. The van der Waals surface area contributed by atoms with Crippen LogP contribution in [0.25, 0.3) is 0 Å². The fraction of sp³-hybridized carbons (Fsp3) is 0.692. The molecule has 19 heavy (non-hydrogen) atoms. The van der Waals surface area contributed by atoms with E-state index in [1.165, 1.54) is 0 Å². The minimum absolute atomic E-state index is 0. The van der Waals surface area contributed by atoms with Crippen LogP contribution >= 0.6 is 24.0 Å². The van der Waals surface area contributed by atoms with E-state index in [0.717, 1.165) is 31.8 Å². The second-order valence-corrected chi connectivity index (χ2v) is 4.10. The van der Waals surface area contributed by atoms with E-state index in [9.17, 15) is 4.79 Å². The number of nitrogens with zero attached hydrogens (tertiary/aromatic N) is 2. The number of hydrogen-bond acceptors (Lipinski definition) is 2. The molecule has 0 radical (unpaired) electrons. The molecule has 6 heteroatoms. The van der Waals surface area contributed by atoms with Crippen LogP contribution in [0.15, 0.2) is 17.6 Å². The van der Waals surface area contributed by atoms with Gasteiger partial charge in [-0.05, 0) is 19.3 Å². The van der Waals surface area contributed by atoms with Gasteiger partial charge in [0.15, 0.2) is 5.96 Å². The summed E-state index contributed by atoms with van der Waals surface area (Å²) < 4.78 is 0. The Bertz CT molecular complexity index is 282. The zero-order valence-electron chi connectivity index (χ0n) is 12.2.